The van der Waals surface area contributed by atoms with Crippen LogP contribution in [0.5, 0.6) is 0 Å². The van der Waals surface area contributed by atoms with Crippen LogP contribution in [0.4, 0.5) is 5.13 Å². The molecule has 2 fully saturated rings. The van der Waals surface area contributed by atoms with Crippen molar-refractivity contribution >= 4 is 16.5 Å². The van der Waals surface area contributed by atoms with Crippen LogP contribution >= 0.6 is 11.3 Å². The lowest BCUT2D eigenvalue weighted by molar-refractivity contribution is 0.0353. The van der Waals surface area contributed by atoms with Crippen molar-refractivity contribution in [3.63, 3.8) is 0 Å². The zero-order valence-electron chi connectivity index (χ0n) is 14.9. The summed E-state index contributed by atoms with van der Waals surface area (Å²) >= 11 is 1.81. The first-order chi connectivity index (χ1) is 11.7. The van der Waals surface area contributed by atoms with Crippen LogP contribution in [0.25, 0.3) is 0 Å². The van der Waals surface area contributed by atoms with Gasteiger partial charge in [-0.05, 0) is 20.3 Å². The molecule has 3 rings (SSSR count). The summed E-state index contributed by atoms with van der Waals surface area (Å²) in [4.78, 5) is 13.3. The van der Waals surface area contributed by atoms with E-state index in [1.807, 2.05) is 17.5 Å². The third-order valence-electron chi connectivity index (χ3n) is 4.94. The van der Waals surface area contributed by atoms with Gasteiger partial charge in [0.25, 0.3) is 0 Å². The highest BCUT2D eigenvalue weighted by Crippen LogP contribution is 2.25. The van der Waals surface area contributed by atoms with Crippen LogP contribution in [0.1, 0.15) is 25.1 Å². The Hall–Kier alpha value is -0.730. The molecule has 24 heavy (non-hydrogen) atoms. The fraction of sp³-hybridized carbons (Fsp3) is 0.824. The highest BCUT2D eigenvalue weighted by molar-refractivity contribution is 7.15. The lowest BCUT2D eigenvalue weighted by Gasteiger charge is -2.43. The van der Waals surface area contributed by atoms with Crippen molar-refractivity contribution in [2.24, 2.45) is 0 Å². The number of morpholine rings is 1. The summed E-state index contributed by atoms with van der Waals surface area (Å²) in [6.45, 7) is 12.4. The van der Waals surface area contributed by atoms with E-state index < -0.39 is 0 Å². The predicted octanol–water partition coefficient (Wildman–Crippen LogP) is 1.26. The maximum Gasteiger partial charge on any atom is 0.185 e. The lowest BCUT2D eigenvalue weighted by atomic mass is 10.1. The van der Waals surface area contributed by atoms with Crippen LogP contribution < -0.4 is 4.90 Å². The van der Waals surface area contributed by atoms with Gasteiger partial charge in [0.05, 0.1) is 13.2 Å². The third kappa shape index (κ3) is 4.46. The molecule has 136 valence electrons. The largest absolute Gasteiger partial charge is 0.396 e. The second-order valence-electron chi connectivity index (χ2n) is 6.94. The molecule has 7 heteroatoms. The Labute approximate surface area is 149 Å². The molecule has 3 heterocycles. The van der Waals surface area contributed by atoms with E-state index >= 15 is 0 Å². The van der Waals surface area contributed by atoms with Crippen LogP contribution in [0.15, 0.2) is 6.20 Å². The fourth-order valence-corrected chi connectivity index (χ4v) is 4.66. The number of piperazine rings is 1. The Kier molecular flexibility index (Phi) is 6.46. The van der Waals surface area contributed by atoms with Crippen LogP contribution in [0, 0.1) is 0 Å². The van der Waals surface area contributed by atoms with E-state index in [4.69, 9.17) is 4.74 Å². The lowest BCUT2D eigenvalue weighted by Crippen LogP contribution is -2.55. The molecule has 1 aromatic rings. The van der Waals surface area contributed by atoms with E-state index in [-0.39, 0.29) is 6.61 Å². The molecule has 0 unspecified atom stereocenters. The zero-order valence-corrected chi connectivity index (χ0v) is 15.7. The summed E-state index contributed by atoms with van der Waals surface area (Å²) in [6.07, 6.45) is 2.89. The number of ether oxygens (including phenoxy) is 1. The number of aromatic nitrogens is 1. The van der Waals surface area contributed by atoms with Gasteiger partial charge < -0.3 is 14.7 Å². The van der Waals surface area contributed by atoms with Crippen LogP contribution in [0.3, 0.4) is 0 Å². The van der Waals surface area contributed by atoms with Gasteiger partial charge in [-0.3, -0.25) is 9.80 Å². The average molecular weight is 355 g/mol. The van der Waals surface area contributed by atoms with Crippen molar-refractivity contribution in [1.29, 1.82) is 0 Å². The Balaban J connectivity index is 1.57. The minimum absolute atomic E-state index is 0.267. The number of nitrogens with zero attached hydrogens (tertiary/aromatic N) is 4. The van der Waals surface area contributed by atoms with Gasteiger partial charge in [-0.1, -0.05) is 0 Å². The first-order valence-corrected chi connectivity index (χ1v) is 9.85. The molecule has 0 spiro atoms. The molecule has 2 aliphatic heterocycles. The first-order valence-electron chi connectivity index (χ1n) is 9.03. The van der Waals surface area contributed by atoms with E-state index in [1.54, 1.807) is 0 Å². The SMILES string of the molecule is CC(C)N1CCN(Cc2cnc(N3CCOCC3)s2)C[C@@H]1CCO. The molecule has 0 radical (unpaired) electrons. The van der Waals surface area contributed by atoms with E-state index in [0.717, 1.165) is 64.0 Å². The van der Waals surface area contributed by atoms with Gasteiger partial charge in [0.15, 0.2) is 5.13 Å². The quantitative estimate of drug-likeness (QED) is 0.830. The van der Waals surface area contributed by atoms with Gasteiger partial charge in [-0.15, -0.1) is 11.3 Å². The van der Waals surface area contributed by atoms with Gasteiger partial charge in [-0.2, -0.15) is 0 Å². The highest BCUT2D eigenvalue weighted by Gasteiger charge is 2.28. The number of hydrogen-bond donors (Lipinski definition) is 1. The molecule has 0 aromatic carbocycles. The molecule has 1 aromatic heterocycles. The Morgan fingerprint density at radius 2 is 2.08 bits per heavy atom. The number of thiazole rings is 1. The molecule has 0 aliphatic carbocycles. The minimum atomic E-state index is 0.267. The summed E-state index contributed by atoms with van der Waals surface area (Å²) in [5.74, 6) is 0. The zero-order chi connectivity index (χ0) is 16.9. The number of anilines is 1. The Bertz CT molecular complexity index is 505. The minimum Gasteiger partial charge on any atom is -0.396 e. The highest BCUT2D eigenvalue weighted by atomic mass is 32.1. The topological polar surface area (TPSA) is 52.1 Å². The summed E-state index contributed by atoms with van der Waals surface area (Å²) in [6, 6.07) is 0.996. The summed E-state index contributed by atoms with van der Waals surface area (Å²) in [7, 11) is 0. The number of aliphatic hydroxyl groups excluding tert-OH is 1. The average Bonchev–Trinajstić information content (AvgIpc) is 3.04. The van der Waals surface area contributed by atoms with E-state index in [1.165, 1.54) is 4.88 Å². The molecule has 0 amide bonds. The molecule has 0 bridgehead atoms. The molecule has 2 saturated heterocycles. The monoisotopic (exact) mass is 354 g/mol. The molecule has 0 saturated carbocycles. The Morgan fingerprint density at radius 3 is 2.79 bits per heavy atom. The number of hydrogen-bond acceptors (Lipinski definition) is 7. The molecule has 6 nitrogen and oxygen atoms in total. The second kappa shape index (κ2) is 8.58. The van der Waals surface area contributed by atoms with Crippen molar-refractivity contribution < 1.29 is 9.84 Å². The standard InChI is InChI=1S/C17H30N4O2S/c1-14(2)21-5-4-19(12-15(21)3-8-22)13-16-11-18-17(24-16)20-6-9-23-10-7-20/h11,14-15,22H,3-10,12-13H2,1-2H3/t15-/m0/s1. The van der Waals surface area contributed by atoms with Crippen molar-refractivity contribution in [2.75, 3.05) is 57.4 Å². The molecule has 1 atom stereocenters. The molecular formula is C17H30N4O2S. The van der Waals surface area contributed by atoms with Crippen LogP contribution in [-0.4, -0.2) is 84.5 Å². The van der Waals surface area contributed by atoms with Gasteiger partial charge in [0, 0.05) is 69.0 Å². The summed E-state index contributed by atoms with van der Waals surface area (Å²) < 4.78 is 5.42. The maximum absolute atomic E-state index is 9.37. The van der Waals surface area contributed by atoms with Gasteiger partial charge in [0.1, 0.15) is 0 Å². The van der Waals surface area contributed by atoms with Crippen molar-refractivity contribution in [1.82, 2.24) is 14.8 Å². The predicted molar refractivity (Wildman–Crippen MR) is 97.8 cm³/mol. The molecule has 2 aliphatic rings. The third-order valence-corrected chi connectivity index (χ3v) is 5.98. The van der Waals surface area contributed by atoms with Crippen molar-refractivity contribution in [3.05, 3.63) is 11.1 Å². The van der Waals surface area contributed by atoms with Crippen LogP contribution in [0.2, 0.25) is 0 Å². The second-order valence-corrected chi connectivity index (χ2v) is 8.04. The normalized spacial score (nSPS) is 24.0. The van der Waals surface area contributed by atoms with Gasteiger partial charge in [0.2, 0.25) is 0 Å². The Morgan fingerprint density at radius 1 is 1.29 bits per heavy atom. The summed E-state index contributed by atoms with van der Waals surface area (Å²) in [5.41, 5.74) is 0. The van der Waals surface area contributed by atoms with Gasteiger partial charge >= 0.3 is 0 Å². The smallest absolute Gasteiger partial charge is 0.185 e. The number of aliphatic hydroxyl groups is 1. The molecular weight excluding hydrogens is 324 g/mol. The van der Waals surface area contributed by atoms with E-state index in [9.17, 15) is 5.11 Å². The van der Waals surface area contributed by atoms with Crippen molar-refractivity contribution in [2.45, 2.75) is 38.9 Å². The maximum atomic E-state index is 9.37. The van der Waals surface area contributed by atoms with Gasteiger partial charge in [-0.25, -0.2) is 4.98 Å². The van der Waals surface area contributed by atoms with E-state index in [0.29, 0.717) is 12.1 Å². The first kappa shape index (κ1) is 18.1. The van der Waals surface area contributed by atoms with Crippen LogP contribution in [-0.2, 0) is 11.3 Å². The number of rotatable bonds is 6. The summed E-state index contributed by atoms with van der Waals surface area (Å²) in [5, 5.41) is 10.5. The van der Waals surface area contributed by atoms with E-state index in [2.05, 4.69) is 33.5 Å². The van der Waals surface area contributed by atoms with Crippen molar-refractivity contribution in [3.8, 4) is 0 Å². The molecule has 1 N–H and O–H groups in total. The fourth-order valence-electron chi connectivity index (χ4n) is 3.65.